The molecule has 2 fully saturated rings. The van der Waals surface area contributed by atoms with Gasteiger partial charge in [-0.15, -0.1) is 0 Å². The molecular formula is C25H27NO4. The lowest BCUT2D eigenvalue weighted by Crippen LogP contribution is -2.31. The fraction of sp³-hybridized carbons (Fsp3) is 0.360. The van der Waals surface area contributed by atoms with Crippen LogP contribution in [0.15, 0.2) is 60.7 Å². The molecule has 1 aliphatic heterocycles. The van der Waals surface area contributed by atoms with Crippen molar-refractivity contribution in [3.8, 4) is 5.75 Å². The molecule has 2 atom stereocenters. The third-order valence-corrected chi connectivity index (χ3v) is 6.26. The van der Waals surface area contributed by atoms with Crippen LogP contribution < -0.4 is 10.1 Å². The first-order chi connectivity index (χ1) is 14.5. The number of nitrogens with one attached hydrogen (secondary N) is 1. The van der Waals surface area contributed by atoms with Gasteiger partial charge < -0.3 is 14.8 Å². The molecule has 0 aromatic heterocycles. The topological polar surface area (TPSA) is 64.6 Å². The van der Waals surface area contributed by atoms with Crippen molar-refractivity contribution in [2.45, 2.75) is 32.1 Å². The highest BCUT2D eigenvalue weighted by Gasteiger charge is 2.55. The van der Waals surface area contributed by atoms with E-state index in [1.165, 1.54) is 0 Å². The SMILES string of the molecule is C=C1CC2COC(=O)C2(Cc2ccc(NC(=O)CCc3ccc(OC)cc3)cc2)C1. The van der Waals surface area contributed by atoms with Crippen LogP contribution in [-0.4, -0.2) is 25.6 Å². The van der Waals surface area contributed by atoms with Gasteiger partial charge in [-0.25, -0.2) is 0 Å². The summed E-state index contributed by atoms with van der Waals surface area (Å²) in [6.45, 7) is 4.59. The molecule has 4 rings (SSSR count). The smallest absolute Gasteiger partial charge is 0.313 e. The van der Waals surface area contributed by atoms with Crippen molar-refractivity contribution in [3.05, 3.63) is 71.8 Å². The number of methoxy groups -OCH3 is 1. The normalized spacial score (nSPS) is 22.5. The van der Waals surface area contributed by atoms with Gasteiger partial charge >= 0.3 is 5.97 Å². The standard InChI is InChI=1S/C25H27NO4/c1-17-13-20-16-30-24(28)25(20,14-17)15-19-3-8-21(9-4-19)26-23(27)12-7-18-5-10-22(29-2)11-6-18/h3-6,8-11,20H,1,7,12-16H2,2H3,(H,26,27). The lowest BCUT2D eigenvalue weighted by atomic mass is 9.75. The third-order valence-electron chi connectivity index (χ3n) is 6.26. The van der Waals surface area contributed by atoms with Crippen molar-refractivity contribution in [1.29, 1.82) is 0 Å². The highest BCUT2D eigenvalue weighted by Crippen LogP contribution is 2.52. The summed E-state index contributed by atoms with van der Waals surface area (Å²) in [7, 11) is 1.63. The third kappa shape index (κ3) is 4.11. The number of hydrogen-bond acceptors (Lipinski definition) is 4. The molecule has 2 aromatic carbocycles. The van der Waals surface area contributed by atoms with Gasteiger partial charge in [0.2, 0.25) is 5.91 Å². The van der Waals surface area contributed by atoms with E-state index in [0.717, 1.165) is 34.6 Å². The molecule has 0 bridgehead atoms. The number of cyclic esters (lactones) is 1. The highest BCUT2D eigenvalue weighted by atomic mass is 16.5. The molecule has 5 heteroatoms. The summed E-state index contributed by atoms with van der Waals surface area (Å²) in [5, 5.41) is 2.95. The Morgan fingerprint density at radius 3 is 2.57 bits per heavy atom. The number of esters is 1. The molecule has 2 aromatic rings. The number of fused-ring (bicyclic) bond motifs is 1. The summed E-state index contributed by atoms with van der Waals surface area (Å²) < 4.78 is 10.5. The minimum absolute atomic E-state index is 0.0244. The Labute approximate surface area is 177 Å². The van der Waals surface area contributed by atoms with Crippen molar-refractivity contribution >= 4 is 17.6 Å². The Bertz CT molecular complexity index is 948. The molecule has 30 heavy (non-hydrogen) atoms. The average molecular weight is 405 g/mol. The zero-order chi connectivity index (χ0) is 21.1. The van der Waals surface area contributed by atoms with E-state index in [4.69, 9.17) is 9.47 Å². The van der Waals surface area contributed by atoms with E-state index >= 15 is 0 Å². The maximum atomic E-state index is 12.4. The van der Waals surface area contributed by atoms with Gasteiger partial charge in [0.25, 0.3) is 0 Å². The second kappa shape index (κ2) is 8.34. The largest absolute Gasteiger partial charge is 0.497 e. The van der Waals surface area contributed by atoms with Crippen LogP contribution in [-0.2, 0) is 27.2 Å². The van der Waals surface area contributed by atoms with Gasteiger partial charge in [-0.1, -0.05) is 36.4 Å². The minimum atomic E-state index is -0.458. The summed E-state index contributed by atoms with van der Waals surface area (Å²) in [6.07, 6.45) is 3.31. The Morgan fingerprint density at radius 1 is 1.17 bits per heavy atom. The molecule has 1 aliphatic carbocycles. The van der Waals surface area contributed by atoms with Crippen LogP contribution in [0.3, 0.4) is 0 Å². The van der Waals surface area contributed by atoms with Crippen LogP contribution in [0.5, 0.6) is 5.75 Å². The van der Waals surface area contributed by atoms with E-state index in [1.54, 1.807) is 7.11 Å². The number of carbonyl (C=O) groups is 2. The molecule has 2 unspecified atom stereocenters. The van der Waals surface area contributed by atoms with Crippen LogP contribution in [0.4, 0.5) is 5.69 Å². The summed E-state index contributed by atoms with van der Waals surface area (Å²) in [5.74, 6) is 0.919. The highest BCUT2D eigenvalue weighted by molar-refractivity contribution is 5.90. The number of carbonyl (C=O) groups excluding carboxylic acids is 2. The summed E-state index contributed by atoms with van der Waals surface area (Å²) in [4.78, 5) is 24.7. The average Bonchev–Trinajstić information content (AvgIpc) is 3.22. The molecular weight excluding hydrogens is 378 g/mol. The maximum Gasteiger partial charge on any atom is 0.313 e. The fourth-order valence-corrected chi connectivity index (χ4v) is 4.61. The minimum Gasteiger partial charge on any atom is -0.497 e. The van der Waals surface area contributed by atoms with Gasteiger partial charge in [0, 0.05) is 18.0 Å². The molecule has 0 radical (unpaired) electrons. The molecule has 1 saturated heterocycles. The van der Waals surface area contributed by atoms with Gasteiger partial charge in [0.05, 0.1) is 19.1 Å². The fourth-order valence-electron chi connectivity index (χ4n) is 4.61. The predicted octanol–water partition coefficient (Wildman–Crippen LogP) is 4.32. The molecule has 5 nitrogen and oxygen atoms in total. The second-order valence-corrected chi connectivity index (χ2v) is 8.35. The van der Waals surface area contributed by atoms with Crippen LogP contribution in [0.1, 0.15) is 30.4 Å². The number of allylic oxidation sites excluding steroid dienone is 1. The first-order valence-electron chi connectivity index (χ1n) is 10.3. The molecule has 1 saturated carbocycles. The van der Waals surface area contributed by atoms with Crippen molar-refractivity contribution in [2.24, 2.45) is 11.3 Å². The molecule has 0 spiro atoms. The number of anilines is 1. The van der Waals surface area contributed by atoms with E-state index in [9.17, 15) is 9.59 Å². The molecule has 1 amide bonds. The zero-order valence-electron chi connectivity index (χ0n) is 17.3. The summed E-state index contributed by atoms with van der Waals surface area (Å²) in [6, 6.07) is 15.5. The molecule has 1 heterocycles. The number of amides is 1. The van der Waals surface area contributed by atoms with Crippen LogP contribution in [0.2, 0.25) is 0 Å². The molecule has 156 valence electrons. The lowest BCUT2D eigenvalue weighted by molar-refractivity contribution is -0.146. The number of hydrogen-bond donors (Lipinski definition) is 1. The number of benzene rings is 2. The summed E-state index contributed by atoms with van der Waals surface area (Å²) in [5.41, 5.74) is 3.61. The quantitative estimate of drug-likeness (QED) is 0.550. The van der Waals surface area contributed by atoms with E-state index in [0.29, 0.717) is 32.3 Å². The lowest BCUT2D eigenvalue weighted by Gasteiger charge is -2.24. The Morgan fingerprint density at radius 2 is 1.87 bits per heavy atom. The van der Waals surface area contributed by atoms with Crippen LogP contribution >= 0.6 is 0 Å². The van der Waals surface area contributed by atoms with Gasteiger partial charge in [-0.05, 0) is 61.1 Å². The van der Waals surface area contributed by atoms with Gasteiger partial charge in [0.1, 0.15) is 5.75 Å². The van der Waals surface area contributed by atoms with Crippen LogP contribution in [0.25, 0.3) is 0 Å². The monoisotopic (exact) mass is 405 g/mol. The predicted molar refractivity (Wildman–Crippen MR) is 115 cm³/mol. The maximum absolute atomic E-state index is 12.4. The number of ether oxygens (including phenoxy) is 2. The van der Waals surface area contributed by atoms with E-state index in [1.807, 2.05) is 48.5 Å². The molecule has 1 N–H and O–H groups in total. The summed E-state index contributed by atoms with van der Waals surface area (Å²) >= 11 is 0. The van der Waals surface area contributed by atoms with Gasteiger partial charge in [-0.3, -0.25) is 9.59 Å². The first-order valence-corrected chi connectivity index (χ1v) is 10.3. The van der Waals surface area contributed by atoms with Crippen LogP contribution in [0, 0.1) is 11.3 Å². The zero-order valence-corrected chi connectivity index (χ0v) is 17.3. The Balaban J connectivity index is 1.32. The first kappa shape index (κ1) is 20.2. The van der Waals surface area contributed by atoms with Crippen molar-refractivity contribution in [1.82, 2.24) is 0 Å². The van der Waals surface area contributed by atoms with Gasteiger partial charge in [-0.2, -0.15) is 0 Å². The van der Waals surface area contributed by atoms with E-state index < -0.39 is 5.41 Å². The van der Waals surface area contributed by atoms with Crippen molar-refractivity contribution in [3.63, 3.8) is 0 Å². The van der Waals surface area contributed by atoms with Crippen molar-refractivity contribution in [2.75, 3.05) is 19.0 Å². The molecule has 2 aliphatic rings. The Kier molecular flexibility index (Phi) is 5.62. The Hall–Kier alpha value is -3.08. The number of aryl methyl sites for hydroxylation is 1. The van der Waals surface area contributed by atoms with Gasteiger partial charge in [0.15, 0.2) is 0 Å². The second-order valence-electron chi connectivity index (χ2n) is 8.35. The number of rotatable bonds is 7. The van der Waals surface area contributed by atoms with Crippen molar-refractivity contribution < 1.29 is 19.1 Å². The van der Waals surface area contributed by atoms with E-state index in [2.05, 4.69) is 11.9 Å². The van der Waals surface area contributed by atoms with E-state index in [-0.39, 0.29) is 17.8 Å².